The molecule has 2 N–H and O–H groups in total. The van der Waals surface area contributed by atoms with Gasteiger partial charge >= 0.3 is 0 Å². The van der Waals surface area contributed by atoms with Gasteiger partial charge in [0.1, 0.15) is 0 Å². The fourth-order valence-corrected chi connectivity index (χ4v) is 4.17. The van der Waals surface area contributed by atoms with E-state index in [1.54, 1.807) is 0 Å². The fraction of sp³-hybridized carbons (Fsp3) is 0.750. The average molecular weight is 362 g/mol. The number of unbranched alkanes of at least 4 members (excludes halogenated alkanes) is 5. The Kier molecular flexibility index (Phi) is 9.71. The van der Waals surface area contributed by atoms with Crippen LogP contribution in [0.1, 0.15) is 92.1 Å². The first-order valence-electron chi connectivity index (χ1n) is 10.6. The highest BCUT2D eigenvalue weighted by molar-refractivity contribution is 5.39. The molecule has 0 spiro atoms. The molecule has 1 unspecified atom stereocenters. The lowest BCUT2D eigenvalue weighted by atomic mass is 9.69. The number of hydrogen-bond acceptors (Lipinski definition) is 2. The molecular formula is C24H43NO. The van der Waals surface area contributed by atoms with Gasteiger partial charge in [-0.25, -0.2) is 0 Å². The lowest BCUT2D eigenvalue weighted by Gasteiger charge is -2.43. The standard InChI is InChI=1S/C24H43NO/c1-7-8-9-10-11-12-13-22(23(2,3)4)24(5,6)26-19-18-20-14-16-21(25)17-15-20/h14-17,22H,7-13,18-19,25H2,1-6H3. The molecular weight excluding hydrogens is 318 g/mol. The minimum absolute atomic E-state index is 0.102. The van der Waals surface area contributed by atoms with Gasteiger partial charge in [-0.05, 0) is 55.7 Å². The van der Waals surface area contributed by atoms with Crippen molar-refractivity contribution in [2.24, 2.45) is 11.3 Å². The van der Waals surface area contributed by atoms with Crippen LogP contribution in [-0.4, -0.2) is 12.2 Å². The van der Waals surface area contributed by atoms with Crippen molar-refractivity contribution in [3.63, 3.8) is 0 Å². The molecule has 1 atom stereocenters. The third-order valence-corrected chi connectivity index (χ3v) is 5.58. The molecule has 150 valence electrons. The van der Waals surface area contributed by atoms with Crippen LogP contribution in [-0.2, 0) is 11.2 Å². The van der Waals surface area contributed by atoms with E-state index in [4.69, 9.17) is 10.5 Å². The first kappa shape index (κ1) is 23.0. The van der Waals surface area contributed by atoms with Gasteiger partial charge in [-0.2, -0.15) is 0 Å². The Morgan fingerprint density at radius 1 is 0.885 bits per heavy atom. The molecule has 2 heteroatoms. The van der Waals surface area contributed by atoms with Crippen LogP contribution in [0.4, 0.5) is 5.69 Å². The van der Waals surface area contributed by atoms with Gasteiger partial charge in [-0.3, -0.25) is 0 Å². The zero-order valence-electron chi connectivity index (χ0n) is 18.2. The molecule has 0 aliphatic heterocycles. The van der Waals surface area contributed by atoms with Crippen molar-refractivity contribution in [3.8, 4) is 0 Å². The summed E-state index contributed by atoms with van der Waals surface area (Å²) in [5.41, 5.74) is 8.03. The molecule has 0 saturated carbocycles. The van der Waals surface area contributed by atoms with Gasteiger partial charge in [0.2, 0.25) is 0 Å². The highest BCUT2D eigenvalue weighted by atomic mass is 16.5. The first-order valence-corrected chi connectivity index (χ1v) is 10.6. The van der Waals surface area contributed by atoms with Gasteiger partial charge in [0.25, 0.3) is 0 Å². The zero-order valence-corrected chi connectivity index (χ0v) is 18.2. The highest BCUT2D eigenvalue weighted by Crippen LogP contribution is 2.40. The predicted molar refractivity (Wildman–Crippen MR) is 116 cm³/mol. The number of anilines is 1. The van der Waals surface area contributed by atoms with E-state index in [1.165, 1.54) is 50.5 Å². The van der Waals surface area contributed by atoms with Gasteiger partial charge in [0.15, 0.2) is 0 Å². The maximum Gasteiger partial charge on any atom is 0.0659 e. The van der Waals surface area contributed by atoms with E-state index in [9.17, 15) is 0 Å². The van der Waals surface area contributed by atoms with Crippen LogP contribution in [0.3, 0.4) is 0 Å². The molecule has 0 aliphatic carbocycles. The number of hydrogen-bond donors (Lipinski definition) is 1. The molecule has 1 rings (SSSR count). The van der Waals surface area contributed by atoms with Crippen molar-refractivity contribution in [1.29, 1.82) is 0 Å². The monoisotopic (exact) mass is 361 g/mol. The van der Waals surface area contributed by atoms with Crippen LogP contribution in [0, 0.1) is 11.3 Å². The molecule has 0 bridgehead atoms. The smallest absolute Gasteiger partial charge is 0.0659 e. The number of rotatable bonds is 12. The molecule has 0 aliphatic rings. The molecule has 2 nitrogen and oxygen atoms in total. The Bertz CT molecular complexity index is 484. The normalized spacial score (nSPS) is 13.8. The summed E-state index contributed by atoms with van der Waals surface area (Å²) >= 11 is 0. The molecule has 0 heterocycles. The van der Waals surface area contributed by atoms with E-state index in [-0.39, 0.29) is 11.0 Å². The van der Waals surface area contributed by atoms with Crippen molar-refractivity contribution >= 4 is 5.69 Å². The second-order valence-corrected chi connectivity index (χ2v) is 9.42. The van der Waals surface area contributed by atoms with Crippen LogP contribution >= 0.6 is 0 Å². The number of ether oxygens (including phenoxy) is 1. The minimum Gasteiger partial charge on any atom is -0.399 e. The van der Waals surface area contributed by atoms with Crippen LogP contribution < -0.4 is 5.73 Å². The number of nitrogens with two attached hydrogens (primary N) is 1. The summed E-state index contributed by atoms with van der Waals surface area (Å²) in [7, 11) is 0. The van der Waals surface area contributed by atoms with Crippen molar-refractivity contribution < 1.29 is 4.74 Å². The Balaban J connectivity index is 2.50. The summed E-state index contributed by atoms with van der Waals surface area (Å²) in [6.45, 7) is 14.7. The quantitative estimate of drug-likeness (QED) is 0.321. The summed E-state index contributed by atoms with van der Waals surface area (Å²) in [6, 6.07) is 8.14. The zero-order chi connectivity index (χ0) is 19.6. The summed E-state index contributed by atoms with van der Waals surface area (Å²) in [5, 5.41) is 0. The molecule has 26 heavy (non-hydrogen) atoms. The predicted octanol–water partition coefficient (Wildman–Crippen LogP) is 7.02. The summed E-state index contributed by atoms with van der Waals surface area (Å²) in [4.78, 5) is 0. The molecule has 0 fully saturated rings. The Morgan fingerprint density at radius 2 is 1.46 bits per heavy atom. The van der Waals surface area contributed by atoms with Crippen molar-refractivity contribution in [1.82, 2.24) is 0 Å². The topological polar surface area (TPSA) is 35.2 Å². The minimum atomic E-state index is -0.102. The Labute approximate surface area is 162 Å². The Hall–Kier alpha value is -1.02. The lowest BCUT2D eigenvalue weighted by Crippen LogP contribution is -2.42. The van der Waals surface area contributed by atoms with Gasteiger partial charge in [-0.1, -0.05) is 78.4 Å². The maximum atomic E-state index is 6.42. The second-order valence-electron chi connectivity index (χ2n) is 9.42. The van der Waals surface area contributed by atoms with Crippen LogP contribution in [0.2, 0.25) is 0 Å². The van der Waals surface area contributed by atoms with E-state index in [2.05, 4.69) is 53.7 Å². The molecule has 0 aromatic heterocycles. The third kappa shape index (κ3) is 8.58. The van der Waals surface area contributed by atoms with Gasteiger partial charge in [0.05, 0.1) is 12.2 Å². The molecule has 0 saturated heterocycles. The second kappa shape index (κ2) is 11.0. The van der Waals surface area contributed by atoms with E-state index in [1.807, 2.05) is 12.1 Å². The third-order valence-electron chi connectivity index (χ3n) is 5.58. The van der Waals surface area contributed by atoms with Gasteiger partial charge < -0.3 is 10.5 Å². The SMILES string of the molecule is CCCCCCCCC(C(C)(C)C)C(C)(C)OCCc1ccc(N)cc1. The van der Waals surface area contributed by atoms with Gasteiger partial charge in [0, 0.05) is 5.69 Å². The average Bonchev–Trinajstić information content (AvgIpc) is 2.54. The summed E-state index contributed by atoms with van der Waals surface area (Å²) < 4.78 is 6.42. The van der Waals surface area contributed by atoms with Crippen LogP contribution in [0.15, 0.2) is 24.3 Å². The van der Waals surface area contributed by atoms with E-state index in [0.29, 0.717) is 5.92 Å². The fourth-order valence-electron chi connectivity index (χ4n) is 4.17. The number of nitrogen functional groups attached to an aromatic ring is 1. The molecule has 1 aromatic carbocycles. The van der Waals surface area contributed by atoms with Crippen LogP contribution in [0.25, 0.3) is 0 Å². The van der Waals surface area contributed by atoms with Crippen molar-refractivity contribution in [3.05, 3.63) is 29.8 Å². The first-order chi connectivity index (χ1) is 12.2. The van der Waals surface area contributed by atoms with E-state index >= 15 is 0 Å². The summed E-state index contributed by atoms with van der Waals surface area (Å²) in [6.07, 6.45) is 10.3. The number of benzene rings is 1. The van der Waals surface area contributed by atoms with E-state index in [0.717, 1.165) is 18.7 Å². The highest BCUT2D eigenvalue weighted by Gasteiger charge is 2.38. The molecule has 1 aromatic rings. The molecule has 0 amide bonds. The summed E-state index contributed by atoms with van der Waals surface area (Å²) in [5.74, 6) is 0.563. The largest absolute Gasteiger partial charge is 0.399 e. The lowest BCUT2D eigenvalue weighted by molar-refractivity contribution is -0.0943. The van der Waals surface area contributed by atoms with Crippen molar-refractivity contribution in [2.75, 3.05) is 12.3 Å². The Morgan fingerprint density at radius 3 is 2.04 bits per heavy atom. The molecule has 0 radical (unpaired) electrons. The maximum absolute atomic E-state index is 6.42. The van der Waals surface area contributed by atoms with E-state index < -0.39 is 0 Å². The van der Waals surface area contributed by atoms with Crippen LogP contribution in [0.5, 0.6) is 0 Å². The van der Waals surface area contributed by atoms with Crippen molar-refractivity contribution in [2.45, 2.75) is 98.5 Å². The van der Waals surface area contributed by atoms with Gasteiger partial charge in [-0.15, -0.1) is 0 Å².